The van der Waals surface area contributed by atoms with Crippen LogP contribution in [0.3, 0.4) is 0 Å². The Bertz CT molecular complexity index is 186. The molecule has 0 saturated carbocycles. The molecule has 0 aromatic carbocycles. The van der Waals surface area contributed by atoms with E-state index in [1.54, 1.807) is 17.8 Å². The van der Waals surface area contributed by atoms with Crippen molar-refractivity contribution >= 4 is 17.5 Å². The fraction of sp³-hybridized carbons (Fsp3) is 0.625. The van der Waals surface area contributed by atoms with Gasteiger partial charge in [-0.25, -0.2) is 0 Å². The summed E-state index contributed by atoms with van der Waals surface area (Å²) in [4.78, 5) is 12.0. The van der Waals surface area contributed by atoms with Crippen LogP contribution in [0, 0.1) is 5.41 Å². The number of hydrogen-bond acceptors (Lipinski definition) is 2. The lowest BCUT2D eigenvalue weighted by molar-refractivity contribution is -0.112. The van der Waals surface area contributed by atoms with E-state index in [0.29, 0.717) is 5.75 Å². The Balaban J connectivity index is 2.76. The van der Waals surface area contributed by atoms with E-state index < -0.39 is 0 Å². The third-order valence-corrected chi connectivity index (χ3v) is 2.87. The third kappa shape index (κ3) is 1.63. The highest BCUT2D eigenvalue weighted by atomic mass is 32.2. The van der Waals surface area contributed by atoms with Crippen molar-refractivity contribution in [2.24, 2.45) is 5.41 Å². The van der Waals surface area contributed by atoms with Crippen LogP contribution in [0.5, 0.6) is 0 Å². The molecule has 1 aliphatic heterocycles. The average molecular weight is 156 g/mol. The molecule has 1 aliphatic rings. The van der Waals surface area contributed by atoms with Crippen molar-refractivity contribution in [1.29, 1.82) is 0 Å². The van der Waals surface area contributed by atoms with Gasteiger partial charge in [-0.3, -0.25) is 4.79 Å². The quantitative estimate of drug-likeness (QED) is 0.535. The van der Waals surface area contributed by atoms with E-state index >= 15 is 0 Å². The second-order valence-electron chi connectivity index (χ2n) is 3.51. The monoisotopic (exact) mass is 156 g/mol. The van der Waals surface area contributed by atoms with Crippen molar-refractivity contribution in [2.75, 3.05) is 5.75 Å². The Morgan fingerprint density at radius 3 is 2.30 bits per heavy atom. The van der Waals surface area contributed by atoms with Gasteiger partial charge in [-0.15, -0.1) is 11.8 Å². The van der Waals surface area contributed by atoms with Crippen LogP contribution >= 0.6 is 11.8 Å². The third-order valence-electron chi connectivity index (χ3n) is 1.40. The van der Waals surface area contributed by atoms with E-state index in [4.69, 9.17) is 0 Å². The molecule has 0 spiro atoms. The van der Waals surface area contributed by atoms with Crippen LogP contribution in [0.1, 0.15) is 20.8 Å². The summed E-state index contributed by atoms with van der Waals surface area (Å²) in [6.07, 6.45) is 1.77. The molecule has 0 unspecified atom stereocenters. The Kier molecular flexibility index (Phi) is 1.90. The lowest BCUT2D eigenvalue weighted by atomic mass is 9.95. The Labute approximate surface area is 65.9 Å². The molecule has 0 amide bonds. The van der Waals surface area contributed by atoms with Gasteiger partial charge in [0, 0.05) is 0 Å². The first-order chi connectivity index (χ1) is 4.50. The van der Waals surface area contributed by atoms with E-state index in [2.05, 4.69) is 20.8 Å². The van der Waals surface area contributed by atoms with E-state index in [1.165, 1.54) is 4.91 Å². The van der Waals surface area contributed by atoms with Gasteiger partial charge in [0.15, 0.2) is 5.78 Å². The number of thioether (sulfide) groups is 1. The van der Waals surface area contributed by atoms with Crippen LogP contribution in [-0.2, 0) is 4.79 Å². The lowest BCUT2D eigenvalue weighted by Gasteiger charge is -2.18. The van der Waals surface area contributed by atoms with Gasteiger partial charge in [0.25, 0.3) is 0 Å². The van der Waals surface area contributed by atoms with Crippen LogP contribution in [0.15, 0.2) is 11.0 Å². The highest BCUT2D eigenvalue weighted by molar-refractivity contribution is 8.04. The van der Waals surface area contributed by atoms with Gasteiger partial charge in [-0.05, 0) is 16.4 Å². The second-order valence-corrected chi connectivity index (χ2v) is 4.53. The SMILES string of the molecule is CC(C)(C)C1=CC(=O)CS1. The topological polar surface area (TPSA) is 17.1 Å². The maximum atomic E-state index is 10.8. The summed E-state index contributed by atoms with van der Waals surface area (Å²) in [5.74, 6) is 0.905. The molecule has 0 radical (unpaired) electrons. The summed E-state index contributed by atoms with van der Waals surface area (Å²) in [6.45, 7) is 6.39. The summed E-state index contributed by atoms with van der Waals surface area (Å²) in [5.41, 5.74) is 0.164. The molecular weight excluding hydrogens is 144 g/mol. The van der Waals surface area contributed by atoms with Crippen LogP contribution < -0.4 is 0 Å². The van der Waals surface area contributed by atoms with Gasteiger partial charge in [-0.2, -0.15) is 0 Å². The predicted molar refractivity (Wildman–Crippen MR) is 45.0 cm³/mol. The molecule has 0 aliphatic carbocycles. The predicted octanol–water partition coefficient (Wildman–Crippen LogP) is 2.23. The molecular formula is C8H12OS. The van der Waals surface area contributed by atoms with E-state index in [9.17, 15) is 4.79 Å². The number of carbonyl (C=O) groups is 1. The molecule has 1 nitrogen and oxygen atoms in total. The van der Waals surface area contributed by atoms with Crippen LogP contribution in [0.4, 0.5) is 0 Å². The zero-order valence-corrected chi connectivity index (χ0v) is 7.42. The minimum atomic E-state index is 0.164. The van der Waals surface area contributed by atoms with Gasteiger partial charge in [-0.1, -0.05) is 20.8 Å². The standard InChI is InChI=1S/C8H12OS/c1-8(2,3)7-4-6(9)5-10-7/h4H,5H2,1-3H3. The first-order valence-corrected chi connectivity index (χ1v) is 4.36. The molecule has 0 fully saturated rings. The number of rotatable bonds is 0. The largest absolute Gasteiger partial charge is 0.294 e. The van der Waals surface area contributed by atoms with Gasteiger partial charge in [0.2, 0.25) is 0 Å². The van der Waals surface area contributed by atoms with E-state index in [-0.39, 0.29) is 11.2 Å². The molecule has 0 aromatic rings. The summed E-state index contributed by atoms with van der Waals surface area (Å²) >= 11 is 1.67. The number of carbonyl (C=O) groups excluding carboxylic acids is 1. The van der Waals surface area contributed by atoms with Gasteiger partial charge in [0.05, 0.1) is 5.75 Å². The maximum absolute atomic E-state index is 10.8. The average Bonchev–Trinajstić information content (AvgIpc) is 2.11. The normalized spacial score (nSPS) is 19.5. The molecule has 0 aromatic heterocycles. The van der Waals surface area contributed by atoms with Gasteiger partial charge in [0.1, 0.15) is 0 Å². The van der Waals surface area contributed by atoms with Crippen LogP contribution in [-0.4, -0.2) is 11.5 Å². The fourth-order valence-corrected chi connectivity index (χ4v) is 1.84. The zero-order chi connectivity index (χ0) is 7.78. The highest BCUT2D eigenvalue weighted by Crippen LogP contribution is 2.37. The molecule has 1 rings (SSSR count). The molecule has 0 N–H and O–H groups in total. The smallest absolute Gasteiger partial charge is 0.166 e. The number of allylic oxidation sites excluding steroid dienone is 2. The fourth-order valence-electron chi connectivity index (χ4n) is 0.811. The van der Waals surface area contributed by atoms with Crippen molar-refractivity contribution in [3.8, 4) is 0 Å². The highest BCUT2D eigenvalue weighted by Gasteiger charge is 2.23. The van der Waals surface area contributed by atoms with E-state index in [1.807, 2.05) is 0 Å². The minimum Gasteiger partial charge on any atom is -0.294 e. The molecule has 56 valence electrons. The molecule has 2 heteroatoms. The first kappa shape index (κ1) is 7.86. The zero-order valence-electron chi connectivity index (χ0n) is 6.60. The first-order valence-electron chi connectivity index (χ1n) is 3.38. The minimum absolute atomic E-state index is 0.164. The Morgan fingerprint density at radius 2 is 2.10 bits per heavy atom. The van der Waals surface area contributed by atoms with Gasteiger partial charge >= 0.3 is 0 Å². The molecule has 10 heavy (non-hydrogen) atoms. The summed E-state index contributed by atoms with van der Waals surface area (Å²) in [5, 5.41) is 0. The van der Waals surface area contributed by atoms with Gasteiger partial charge < -0.3 is 0 Å². The molecule has 0 atom stereocenters. The van der Waals surface area contributed by atoms with Crippen LogP contribution in [0.2, 0.25) is 0 Å². The van der Waals surface area contributed by atoms with Crippen LogP contribution in [0.25, 0.3) is 0 Å². The van der Waals surface area contributed by atoms with E-state index in [0.717, 1.165) is 0 Å². The summed E-state index contributed by atoms with van der Waals surface area (Å²) in [6, 6.07) is 0. The van der Waals surface area contributed by atoms with Crippen molar-refractivity contribution in [3.05, 3.63) is 11.0 Å². The lowest BCUT2D eigenvalue weighted by Crippen LogP contribution is -2.04. The van der Waals surface area contributed by atoms with Crippen molar-refractivity contribution in [3.63, 3.8) is 0 Å². The van der Waals surface area contributed by atoms with Crippen molar-refractivity contribution in [2.45, 2.75) is 20.8 Å². The molecule has 1 heterocycles. The summed E-state index contributed by atoms with van der Waals surface area (Å²) < 4.78 is 0. The number of ketones is 1. The second kappa shape index (κ2) is 2.42. The van der Waals surface area contributed by atoms with Crippen molar-refractivity contribution < 1.29 is 4.79 Å². The van der Waals surface area contributed by atoms with Crippen molar-refractivity contribution in [1.82, 2.24) is 0 Å². The molecule has 0 bridgehead atoms. The number of hydrogen-bond donors (Lipinski definition) is 0. The Hall–Kier alpha value is -0.240. The molecule has 0 saturated heterocycles. The summed E-state index contributed by atoms with van der Waals surface area (Å²) in [7, 11) is 0. The maximum Gasteiger partial charge on any atom is 0.166 e. The Morgan fingerprint density at radius 1 is 1.50 bits per heavy atom.